The summed E-state index contributed by atoms with van der Waals surface area (Å²) < 4.78 is 0. The highest BCUT2D eigenvalue weighted by Crippen LogP contribution is 2.43. The van der Waals surface area contributed by atoms with E-state index in [0.29, 0.717) is 17.7 Å². The van der Waals surface area contributed by atoms with Crippen LogP contribution in [0.15, 0.2) is 48.5 Å². The fourth-order valence-electron chi connectivity index (χ4n) is 5.07. The van der Waals surface area contributed by atoms with E-state index in [1.165, 1.54) is 16.7 Å². The van der Waals surface area contributed by atoms with Crippen LogP contribution in [0.5, 0.6) is 5.75 Å². The van der Waals surface area contributed by atoms with Crippen LogP contribution in [0.2, 0.25) is 0 Å². The Labute approximate surface area is 163 Å². The number of piperidine rings is 1. The van der Waals surface area contributed by atoms with Gasteiger partial charge < -0.3 is 5.11 Å². The summed E-state index contributed by atoms with van der Waals surface area (Å²) in [5.74, 6) is 0.964. The Bertz CT molecular complexity index is 804. The molecule has 2 heterocycles. The maximum Gasteiger partial charge on any atom is 0.115 e. The molecule has 144 valence electrons. The third-order valence-electron chi connectivity index (χ3n) is 7.11. The van der Waals surface area contributed by atoms with Gasteiger partial charge in [0.05, 0.1) is 0 Å². The zero-order valence-corrected chi connectivity index (χ0v) is 16.9. The topological polar surface area (TPSA) is 26.7 Å². The number of hydrogen-bond donors (Lipinski definition) is 1. The lowest BCUT2D eigenvalue weighted by molar-refractivity contribution is -0.00562. The summed E-state index contributed by atoms with van der Waals surface area (Å²) in [7, 11) is 0. The van der Waals surface area contributed by atoms with Crippen molar-refractivity contribution in [1.82, 2.24) is 9.80 Å². The fraction of sp³-hybridized carbons (Fsp3) is 0.500. The minimum absolute atomic E-state index is 0.117. The van der Waals surface area contributed by atoms with Crippen molar-refractivity contribution in [1.29, 1.82) is 0 Å². The molecule has 2 aliphatic rings. The molecular weight excluding hydrogens is 332 g/mol. The van der Waals surface area contributed by atoms with E-state index >= 15 is 0 Å². The molecule has 0 bridgehead atoms. The van der Waals surface area contributed by atoms with Gasteiger partial charge in [0.25, 0.3) is 0 Å². The normalized spacial score (nSPS) is 29.4. The Morgan fingerprint density at radius 3 is 2.67 bits per heavy atom. The second-order valence-corrected chi connectivity index (χ2v) is 8.88. The Kier molecular flexibility index (Phi) is 5.00. The molecule has 0 aliphatic carbocycles. The van der Waals surface area contributed by atoms with E-state index in [0.717, 1.165) is 39.1 Å². The Hall–Kier alpha value is -1.84. The summed E-state index contributed by atoms with van der Waals surface area (Å²) in [6.45, 7) is 12.6. The predicted octanol–water partition coefficient (Wildman–Crippen LogP) is 4.18. The summed E-state index contributed by atoms with van der Waals surface area (Å²) in [5.41, 5.74) is 4.24. The van der Waals surface area contributed by atoms with Gasteiger partial charge in [-0.1, -0.05) is 50.2 Å². The molecule has 0 saturated carbocycles. The second-order valence-electron chi connectivity index (χ2n) is 8.88. The highest BCUT2D eigenvalue weighted by Gasteiger charge is 2.44. The maximum atomic E-state index is 9.99. The first-order chi connectivity index (χ1) is 13.0. The van der Waals surface area contributed by atoms with Gasteiger partial charge >= 0.3 is 0 Å². The molecule has 3 atom stereocenters. The van der Waals surface area contributed by atoms with E-state index in [1.807, 2.05) is 12.1 Å². The largest absolute Gasteiger partial charge is 0.508 e. The monoisotopic (exact) mass is 364 g/mol. The zero-order chi connectivity index (χ0) is 19.0. The van der Waals surface area contributed by atoms with Gasteiger partial charge in [-0.2, -0.15) is 0 Å². The van der Waals surface area contributed by atoms with Crippen molar-refractivity contribution in [2.24, 2.45) is 5.92 Å². The lowest BCUT2D eigenvalue weighted by Gasteiger charge is -2.53. The summed E-state index contributed by atoms with van der Waals surface area (Å²) >= 11 is 0. The van der Waals surface area contributed by atoms with Crippen molar-refractivity contribution in [3.63, 3.8) is 0 Å². The number of phenols is 1. The first kappa shape index (κ1) is 18.5. The van der Waals surface area contributed by atoms with Gasteiger partial charge in [-0.3, -0.25) is 9.80 Å². The second kappa shape index (κ2) is 7.29. The molecule has 0 radical (unpaired) electrons. The summed E-state index contributed by atoms with van der Waals surface area (Å²) in [5, 5.41) is 9.99. The number of aryl methyl sites for hydroxylation is 1. The van der Waals surface area contributed by atoms with Crippen molar-refractivity contribution in [2.75, 3.05) is 26.2 Å². The van der Waals surface area contributed by atoms with Gasteiger partial charge in [-0.05, 0) is 53.5 Å². The maximum absolute atomic E-state index is 9.99. The highest BCUT2D eigenvalue weighted by molar-refractivity contribution is 5.34. The van der Waals surface area contributed by atoms with Gasteiger partial charge in [0.2, 0.25) is 0 Å². The molecule has 0 aromatic heterocycles. The van der Waals surface area contributed by atoms with Crippen LogP contribution in [0.25, 0.3) is 0 Å². The van der Waals surface area contributed by atoms with Gasteiger partial charge in [-0.25, -0.2) is 0 Å². The van der Waals surface area contributed by atoms with Crippen LogP contribution in [0.1, 0.15) is 37.0 Å². The smallest absolute Gasteiger partial charge is 0.115 e. The minimum atomic E-state index is 0.117. The average molecular weight is 365 g/mol. The predicted molar refractivity (Wildman–Crippen MR) is 111 cm³/mol. The first-order valence-corrected chi connectivity index (χ1v) is 10.3. The molecule has 2 saturated heterocycles. The Balaban J connectivity index is 1.51. The number of phenolic OH excluding ortho intramolecular Hbond substituents is 1. The van der Waals surface area contributed by atoms with Crippen LogP contribution < -0.4 is 0 Å². The van der Waals surface area contributed by atoms with E-state index in [-0.39, 0.29) is 5.41 Å². The highest BCUT2D eigenvalue weighted by atomic mass is 16.3. The van der Waals surface area contributed by atoms with E-state index in [9.17, 15) is 5.11 Å². The molecule has 1 N–H and O–H groups in total. The third kappa shape index (κ3) is 3.63. The zero-order valence-electron chi connectivity index (χ0n) is 16.9. The van der Waals surface area contributed by atoms with Crippen molar-refractivity contribution in [3.8, 4) is 5.75 Å². The number of piperazine rings is 1. The Morgan fingerprint density at radius 2 is 1.89 bits per heavy atom. The lowest BCUT2D eigenvalue weighted by atomic mass is 9.65. The van der Waals surface area contributed by atoms with Crippen molar-refractivity contribution in [3.05, 3.63) is 65.2 Å². The number of benzene rings is 2. The van der Waals surface area contributed by atoms with Gasteiger partial charge in [0.15, 0.2) is 0 Å². The number of hydrogen-bond acceptors (Lipinski definition) is 3. The van der Waals surface area contributed by atoms with Crippen LogP contribution in [0, 0.1) is 12.8 Å². The number of fused-ring (bicyclic) bond motifs is 1. The van der Waals surface area contributed by atoms with Gasteiger partial charge in [0, 0.05) is 38.8 Å². The molecule has 3 unspecified atom stereocenters. The van der Waals surface area contributed by atoms with Crippen molar-refractivity contribution < 1.29 is 5.11 Å². The quantitative estimate of drug-likeness (QED) is 0.885. The molecule has 2 aliphatic heterocycles. The van der Waals surface area contributed by atoms with Crippen LogP contribution in [-0.2, 0) is 12.0 Å². The number of nitrogens with zero attached hydrogens (tertiary/aromatic N) is 2. The average Bonchev–Trinajstić information content (AvgIpc) is 2.65. The van der Waals surface area contributed by atoms with Crippen LogP contribution in [0.3, 0.4) is 0 Å². The summed E-state index contributed by atoms with van der Waals surface area (Å²) in [6.07, 6.45) is 1.15. The van der Waals surface area contributed by atoms with Crippen LogP contribution >= 0.6 is 0 Å². The van der Waals surface area contributed by atoms with E-state index in [1.54, 1.807) is 6.07 Å². The summed E-state index contributed by atoms with van der Waals surface area (Å²) in [4.78, 5) is 5.33. The molecule has 2 aromatic carbocycles. The number of aromatic hydroxyl groups is 1. The van der Waals surface area contributed by atoms with Crippen molar-refractivity contribution >= 4 is 0 Å². The Morgan fingerprint density at radius 1 is 1.07 bits per heavy atom. The van der Waals surface area contributed by atoms with E-state index in [2.05, 4.69) is 60.9 Å². The van der Waals surface area contributed by atoms with Crippen molar-refractivity contribution in [2.45, 2.75) is 45.2 Å². The van der Waals surface area contributed by atoms with E-state index < -0.39 is 0 Å². The summed E-state index contributed by atoms with van der Waals surface area (Å²) in [6, 6.07) is 17.3. The van der Waals surface area contributed by atoms with Crippen LogP contribution in [-0.4, -0.2) is 47.1 Å². The van der Waals surface area contributed by atoms with Gasteiger partial charge in [0.1, 0.15) is 5.75 Å². The number of rotatable bonds is 3. The lowest BCUT2D eigenvalue weighted by Crippen LogP contribution is -2.60. The minimum Gasteiger partial charge on any atom is -0.508 e. The SMILES string of the molecule is Cc1ccccc1CN1CCN2CC(C)C(C)(c3cccc(O)c3)CC2C1. The molecule has 0 amide bonds. The first-order valence-electron chi connectivity index (χ1n) is 10.3. The standard InChI is InChI=1S/C24H32N2O/c1-18-7-4-5-8-20(18)16-25-11-12-26-15-19(2)24(3,14-22(26)17-25)21-9-6-10-23(27)13-21/h4-10,13,19,22,27H,11-12,14-17H2,1-3H3. The van der Waals surface area contributed by atoms with E-state index in [4.69, 9.17) is 0 Å². The molecule has 3 nitrogen and oxygen atoms in total. The van der Waals surface area contributed by atoms with Crippen LogP contribution in [0.4, 0.5) is 0 Å². The molecule has 4 rings (SSSR count). The van der Waals surface area contributed by atoms with Gasteiger partial charge in [-0.15, -0.1) is 0 Å². The molecular formula is C24H32N2O. The molecule has 2 aromatic rings. The molecule has 2 fully saturated rings. The molecule has 27 heavy (non-hydrogen) atoms. The molecule has 0 spiro atoms. The molecule has 3 heteroatoms. The fourth-order valence-corrected chi connectivity index (χ4v) is 5.07. The third-order valence-corrected chi connectivity index (χ3v) is 7.11.